The van der Waals surface area contributed by atoms with Gasteiger partial charge in [0.2, 0.25) is 0 Å². The molecule has 0 radical (unpaired) electrons. The van der Waals surface area contributed by atoms with Crippen molar-refractivity contribution in [2.75, 3.05) is 0 Å². The molecule has 1 saturated carbocycles. The number of rotatable bonds is 12. The maximum atomic E-state index is 5.75. The van der Waals surface area contributed by atoms with Crippen molar-refractivity contribution >= 4 is 0 Å². The van der Waals surface area contributed by atoms with Crippen LogP contribution in [0.15, 0.2) is 0 Å². The second-order valence-electron chi connectivity index (χ2n) is 6.42. The Kier molecular flexibility index (Phi) is 7.20. The van der Waals surface area contributed by atoms with Crippen LogP contribution < -0.4 is 5.73 Å². The van der Waals surface area contributed by atoms with Crippen LogP contribution in [0.25, 0.3) is 0 Å². The smallest absolute Gasteiger partial charge is 0.147 e. The van der Waals surface area contributed by atoms with E-state index in [0.29, 0.717) is 12.6 Å². The normalized spacial score (nSPS) is 14.8. The zero-order valence-electron chi connectivity index (χ0n) is 13.7. The first-order chi connectivity index (χ1) is 10.4. The minimum Gasteiger partial charge on any atom is -0.324 e. The summed E-state index contributed by atoms with van der Waals surface area (Å²) < 4.78 is 2.31. The number of unbranched alkanes of at least 4 members (excludes halogenated alkanes) is 8. The van der Waals surface area contributed by atoms with Crippen LogP contribution in [0.3, 0.4) is 0 Å². The molecule has 4 heteroatoms. The van der Waals surface area contributed by atoms with Crippen molar-refractivity contribution in [1.29, 1.82) is 0 Å². The molecule has 0 atom stereocenters. The molecule has 2 rings (SSSR count). The average molecular weight is 292 g/mol. The van der Waals surface area contributed by atoms with Gasteiger partial charge in [-0.1, -0.05) is 58.3 Å². The quantitative estimate of drug-likeness (QED) is 0.589. The molecule has 1 aromatic heterocycles. The van der Waals surface area contributed by atoms with Crippen LogP contribution in [0.2, 0.25) is 0 Å². The van der Waals surface area contributed by atoms with E-state index in [1.165, 1.54) is 76.5 Å². The van der Waals surface area contributed by atoms with E-state index in [1.54, 1.807) is 0 Å². The van der Waals surface area contributed by atoms with Crippen molar-refractivity contribution in [1.82, 2.24) is 14.8 Å². The van der Waals surface area contributed by atoms with E-state index in [0.717, 1.165) is 12.2 Å². The molecule has 0 aliphatic heterocycles. The molecule has 1 heterocycles. The standard InChI is InChI=1S/C17H32N4/c1-2-3-4-5-6-7-8-9-10-11-16-19-20-17(14-18)21(16)15-12-13-15/h15H,2-14,18H2,1H3. The Morgan fingerprint density at radius 2 is 1.48 bits per heavy atom. The van der Waals surface area contributed by atoms with E-state index < -0.39 is 0 Å². The summed E-state index contributed by atoms with van der Waals surface area (Å²) in [7, 11) is 0. The molecule has 1 aliphatic rings. The Morgan fingerprint density at radius 1 is 0.905 bits per heavy atom. The van der Waals surface area contributed by atoms with Crippen LogP contribution in [0.1, 0.15) is 95.2 Å². The molecule has 0 spiro atoms. The Labute approximate surface area is 129 Å². The Morgan fingerprint density at radius 3 is 2.05 bits per heavy atom. The number of nitrogens with zero attached hydrogens (tertiary/aromatic N) is 3. The van der Waals surface area contributed by atoms with Crippen LogP contribution in [-0.2, 0) is 13.0 Å². The fourth-order valence-corrected chi connectivity index (χ4v) is 3.02. The van der Waals surface area contributed by atoms with Gasteiger partial charge in [0.25, 0.3) is 0 Å². The van der Waals surface area contributed by atoms with Gasteiger partial charge in [-0.2, -0.15) is 0 Å². The minimum atomic E-state index is 0.515. The second-order valence-corrected chi connectivity index (χ2v) is 6.42. The van der Waals surface area contributed by atoms with Gasteiger partial charge in [-0.3, -0.25) is 0 Å². The lowest BCUT2D eigenvalue weighted by Gasteiger charge is -2.07. The maximum Gasteiger partial charge on any atom is 0.147 e. The van der Waals surface area contributed by atoms with E-state index in [2.05, 4.69) is 21.7 Å². The number of nitrogens with two attached hydrogens (primary N) is 1. The van der Waals surface area contributed by atoms with E-state index >= 15 is 0 Å². The highest BCUT2D eigenvalue weighted by Gasteiger charge is 2.28. The number of hydrogen-bond acceptors (Lipinski definition) is 3. The largest absolute Gasteiger partial charge is 0.324 e. The number of hydrogen-bond donors (Lipinski definition) is 1. The Hall–Kier alpha value is -0.900. The highest BCUT2D eigenvalue weighted by molar-refractivity contribution is 5.02. The van der Waals surface area contributed by atoms with Crippen molar-refractivity contribution in [3.63, 3.8) is 0 Å². The molecule has 2 N–H and O–H groups in total. The van der Waals surface area contributed by atoms with Crippen molar-refractivity contribution in [2.45, 2.75) is 96.6 Å². The highest BCUT2D eigenvalue weighted by atomic mass is 15.3. The van der Waals surface area contributed by atoms with Gasteiger partial charge in [-0.05, 0) is 19.3 Å². The van der Waals surface area contributed by atoms with Gasteiger partial charge < -0.3 is 10.3 Å². The molecular weight excluding hydrogens is 260 g/mol. The van der Waals surface area contributed by atoms with E-state index in [9.17, 15) is 0 Å². The van der Waals surface area contributed by atoms with Crippen molar-refractivity contribution in [3.8, 4) is 0 Å². The van der Waals surface area contributed by atoms with Gasteiger partial charge in [0.1, 0.15) is 11.6 Å². The summed E-state index contributed by atoms with van der Waals surface area (Å²) in [6.07, 6.45) is 15.9. The van der Waals surface area contributed by atoms with Crippen LogP contribution in [-0.4, -0.2) is 14.8 Å². The predicted octanol–water partition coefficient (Wildman–Crippen LogP) is 4.15. The fourth-order valence-electron chi connectivity index (χ4n) is 3.02. The maximum absolute atomic E-state index is 5.75. The van der Waals surface area contributed by atoms with E-state index in [4.69, 9.17) is 5.73 Å². The highest BCUT2D eigenvalue weighted by Crippen LogP contribution is 2.36. The van der Waals surface area contributed by atoms with Crippen molar-refractivity contribution < 1.29 is 0 Å². The first-order valence-corrected chi connectivity index (χ1v) is 8.99. The van der Waals surface area contributed by atoms with E-state index in [1.807, 2.05) is 0 Å². The monoisotopic (exact) mass is 292 g/mol. The predicted molar refractivity (Wildman–Crippen MR) is 87.1 cm³/mol. The van der Waals surface area contributed by atoms with Gasteiger partial charge in [0.05, 0.1) is 6.54 Å². The van der Waals surface area contributed by atoms with Crippen LogP contribution in [0, 0.1) is 0 Å². The first kappa shape index (κ1) is 16.5. The Balaban J connectivity index is 1.58. The molecule has 120 valence electrons. The third-order valence-electron chi connectivity index (χ3n) is 4.44. The first-order valence-electron chi connectivity index (χ1n) is 8.99. The third-order valence-corrected chi connectivity index (χ3v) is 4.44. The average Bonchev–Trinajstić information content (AvgIpc) is 3.26. The lowest BCUT2D eigenvalue weighted by Crippen LogP contribution is -2.09. The van der Waals surface area contributed by atoms with Gasteiger partial charge in [0, 0.05) is 12.5 Å². The molecule has 1 aromatic rings. The topological polar surface area (TPSA) is 56.7 Å². The molecule has 1 aliphatic carbocycles. The third kappa shape index (κ3) is 5.42. The molecule has 0 saturated heterocycles. The second kappa shape index (κ2) is 9.19. The van der Waals surface area contributed by atoms with Gasteiger partial charge in [0.15, 0.2) is 0 Å². The van der Waals surface area contributed by atoms with Gasteiger partial charge >= 0.3 is 0 Å². The summed E-state index contributed by atoms with van der Waals surface area (Å²) in [4.78, 5) is 0. The molecule has 4 nitrogen and oxygen atoms in total. The minimum absolute atomic E-state index is 0.515. The fraction of sp³-hybridized carbons (Fsp3) is 0.882. The van der Waals surface area contributed by atoms with Crippen molar-refractivity contribution in [2.24, 2.45) is 5.73 Å². The lowest BCUT2D eigenvalue weighted by molar-refractivity contribution is 0.554. The van der Waals surface area contributed by atoms with Gasteiger partial charge in [-0.15, -0.1) is 10.2 Å². The summed E-state index contributed by atoms with van der Waals surface area (Å²) in [6.45, 7) is 2.79. The zero-order chi connectivity index (χ0) is 14.9. The Bertz CT molecular complexity index is 395. The molecule has 1 fully saturated rings. The number of aromatic nitrogens is 3. The SMILES string of the molecule is CCCCCCCCCCCc1nnc(CN)n1C1CC1. The van der Waals surface area contributed by atoms with Gasteiger partial charge in [-0.25, -0.2) is 0 Å². The zero-order valence-corrected chi connectivity index (χ0v) is 13.7. The summed E-state index contributed by atoms with van der Waals surface area (Å²) in [5.74, 6) is 2.14. The van der Waals surface area contributed by atoms with E-state index in [-0.39, 0.29) is 0 Å². The molecule has 0 bridgehead atoms. The molecule has 21 heavy (non-hydrogen) atoms. The van der Waals surface area contributed by atoms with Crippen LogP contribution in [0.5, 0.6) is 0 Å². The summed E-state index contributed by atoms with van der Waals surface area (Å²) in [5.41, 5.74) is 5.75. The molecule has 0 aromatic carbocycles. The number of aryl methyl sites for hydroxylation is 1. The molecule has 0 amide bonds. The summed E-state index contributed by atoms with van der Waals surface area (Å²) in [6, 6.07) is 0.645. The molecular formula is C17H32N4. The van der Waals surface area contributed by atoms with Crippen LogP contribution >= 0.6 is 0 Å². The summed E-state index contributed by atoms with van der Waals surface area (Å²) >= 11 is 0. The summed E-state index contributed by atoms with van der Waals surface area (Å²) in [5, 5.41) is 8.59. The van der Waals surface area contributed by atoms with Crippen LogP contribution in [0.4, 0.5) is 0 Å². The molecule has 0 unspecified atom stereocenters. The lowest BCUT2D eigenvalue weighted by atomic mass is 10.1. The van der Waals surface area contributed by atoms with Crippen molar-refractivity contribution in [3.05, 3.63) is 11.6 Å².